The Morgan fingerprint density at radius 3 is 0.563 bits per heavy atom. The monoisotopic (exact) mass is 1820 g/mol. The number of aryl methyl sites for hydroxylation is 1. The summed E-state index contributed by atoms with van der Waals surface area (Å²) in [4.78, 5) is 44.6. The second kappa shape index (κ2) is 38.2. The summed E-state index contributed by atoms with van der Waals surface area (Å²) in [5.41, 5.74) is 31.8. The molecule has 6 aromatic heterocycles. The minimum absolute atomic E-state index is 0.634. The maximum absolute atomic E-state index is 5.04. The van der Waals surface area contributed by atoms with E-state index >= 15 is 0 Å². The summed E-state index contributed by atoms with van der Waals surface area (Å²) in [7, 11) is 0. The predicted molar refractivity (Wildman–Crippen MR) is 583 cm³/mol. The lowest BCUT2D eigenvalue weighted by atomic mass is 10.0. The molecule has 0 amide bonds. The Hall–Kier alpha value is -19.2. The van der Waals surface area contributed by atoms with Crippen LogP contribution in [0.15, 0.2) is 516 Å². The van der Waals surface area contributed by atoms with E-state index < -0.39 is 0 Å². The topological polar surface area (TPSA) is 131 Å². The third-order valence-electron chi connectivity index (χ3n) is 26.3. The molecule has 0 saturated carbocycles. The molecule has 0 aliphatic carbocycles. The summed E-state index contributed by atoms with van der Waals surface area (Å²) in [6, 6.07) is 180. The molecular formula is C130H88N12. The van der Waals surface area contributed by atoms with E-state index in [-0.39, 0.29) is 0 Å². The zero-order valence-electron chi connectivity index (χ0n) is 77.4. The van der Waals surface area contributed by atoms with E-state index in [1.165, 1.54) is 110 Å². The summed E-state index contributed by atoms with van der Waals surface area (Å²) < 4.78 is 7.02. The van der Waals surface area contributed by atoms with Crippen molar-refractivity contribution in [3.63, 3.8) is 0 Å². The van der Waals surface area contributed by atoms with E-state index in [9.17, 15) is 0 Å². The van der Waals surface area contributed by atoms with Crippen LogP contribution in [0.1, 0.15) is 5.56 Å². The highest BCUT2D eigenvalue weighted by Gasteiger charge is 2.23. The van der Waals surface area contributed by atoms with Gasteiger partial charge in [-0.1, -0.05) is 388 Å². The first-order chi connectivity index (χ1) is 70.3. The molecule has 0 fully saturated rings. The van der Waals surface area contributed by atoms with Crippen LogP contribution in [0.4, 0.5) is 0 Å². The molecule has 12 nitrogen and oxygen atoms in total. The molecule has 0 saturated heterocycles. The van der Waals surface area contributed by atoms with Gasteiger partial charge in [-0.15, -0.1) is 0 Å². The number of fused-ring (bicyclic) bond motifs is 9. The molecular weight excluding hydrogens is 1730 g/mol. The second-order valence-corrected chi connectivity index (χ2v) is 35.3. The fourth-order valence-corrected chi connectivity index (χ4v) is 19.1. The Morgan fingerprint density at radius 1 is 0.120 bits per heavy atom. The van der Waals surface area contributed by atoms with Gasteiger partial charge in [-0.2, -0.15) is 0 Å². The number of rotatable bonds is 17. The van der Waals surface area contributed by atoms with Gasteiger partial charge in [0.15, 0.2) is 52.4 Å². The molecule has 0 aliphatic heterocycles. The van der Waals surface area contributed by atoms with E-state index in [1.54, 1.807) is 0 Å². The van der Waals surface area contributed by atoms with Gasteiger partial charge in [0.25, 0.3) is 0 Å². The summed E-state index contributed by atoms with van der Waals surface area (Å²) in [6.45, 7) is 2.08. The van der Waals surface area contributed by atoms with Crippen LogP contribution in [-0.4, -0.2) is 58.6 Å². The molecule has 6 heterocycles. The van der Waals surface area contributed by atoms with Gasteiger partial charge in [-0.25, -0.2) is 44.9 Å². The number of nitrogens with zero attached hydrogens (tertiary/aromatic N) is 12. The van der Waals surface area contributed by atoms with Gasteiger partial charge < -0.3 is 13.7 Å². The first-order valence-corrected chi connectivity index (χ1v) is 47.7. The molecule has 0 N–H and O–H groups in total. The van der Waals surface area contributed by atoms with Gasteiger partial charge in [-0.05, 0) is 196 Å². The zero-order chi connectivity index (χ0) is 94.6. The maximum Gasteiger partial charge on any atom is 0.164 e. The molecule has 0 atom stereocenters. The van der Waals surface area contributed by atoms with Crippen LogP contribution < -0.4 is 0 Å². The van der Waals surface area contributed by atoms with Crippen LogP contribution >= 0.6 is 0 Å². The highest BCUT2D eigenvalue weighted by molar-refractivity contribution is 6.13. The Bertz CT molecular complexity index is 9060. The molecule has 142 heavy (non-hydrogen) atoms. The summed E-state index contributed by atoms with van der Waals surface area (Å²) in [6.07, 6.45) is 0. The zero-order valence-corrected chi connectivity index (χ0v) is 77.4. The Morgan fingerprint density at radius 2 is 0.289 bits per heavy atom. The molecule has 20 aromatic carbocycles. The van der Waals surface area contributed by atoms with Crippen molar-refractivity contribution < 1.29 is 0 Å². The molecule has 0 radical (unpaired) electrons. The van der Waals surface area contributed by atoms with Crippen molar-refractivity contribution in [1.82, 2.24) is 58.6 Å². The number of hydrogen-bond donors (Lipinski definition) is 0. The molecule has 668 valence electrons. The molecule has 0 spiro atoms. The summed E-state index contributed by atoms with van der Waals surface area (Å²) in [5, 5.41) is 7.39. The van der Waals surface area contributed by atoms with Gasteiger partial charge in [0, 0.05) is 99.5 Å². The Kier molecular flexibility index (Phi) is 23.1. The van der Waals surface area contributed by atoms with E-state index in [1.807, 2.05) is 103 Å². The molecule has 0 bridgehead atoms. The number of benzene rings is 20. The smallest absolute Gasteiger partial charge is 0.164 e. The van der Waals surface area contributed by atoms with E-state index in [0.717, 1.165) is 83.8 Å². The van der Waals surface area contributed by atoms with Crippen LogP contribution in [-0.2, 0) is 0 Å². The summed E-state index contributed by atoms with van der Waals surface area (Å²) >= 11 is 0. The van der Waals surface area contributed by atoms with E-state index in [4.69, 9.17) is 44.9 Å². The SMILES string of the molecule is Cc1ccc(-c2nc(-c3ccccc3)nc(-c3ccc(-n4c5ccccc5c5cc(-c6ccccc6)ccc54)cc3)n2)cc1.c1ccc(-c2ccc(-c3nc(-c4ccccc4)nc(-c4ccc(-n5c6ccccc6c6cc(-c7ccccc7)ccc65)cc4)n3)cc2)cc1.c1ccc(-c2cccc(-c3nc(-c4ccccc4)nc(-c4ccc(-n5c6ccccc6c6cc(-c7ccccc7)ccc65)cc4)n3)c2)cc1. The van der Waals surface area contributed by atoms with Gasteiger partial charge in [0.1, 0.15) is 0 Å². The molecule has 0 unspecified atom stereocenters. The van der Waals surface area contributed by atoms with Crippen molar-refractivity contribution in [2.45, 2.75) is 6.92 Å². The van der Waals surface area contributed by atoms with Gasteiger partial charge >= 0.3 is 0 Å². The fourth-order valence-electron chi connectivity index (χ4n) is 19.1. The molecule has 26 aromatic rings. The van der Waals surface area contributed by atoms with Gasteiger partial charge in [-0.3, -0.25) is 0 Å². The van der Waals surface area contributed by atoms with Crippen molar-refractivity contribution in [1.29, 1.82) is 0 Å². The lowest BCUT2D eigenvalue weighted by molar-refractivity contribution is 1.07. The third-order valence-corrected chi connectivity index (χ3v) is 26.3. The average molecular weight is 1820 g/mol. The minimum Gasteiger partial charge on any atom is -0.309 e. The first-order valence-electron chi connectivity index (χ1n) is 47.7. The average Bonchev–Trinajstić information content (AvgIpc) is 1.57. The number of aromatic nitrogens is 12. The normalized spacial score (nSPS) is 11.3. The molecule has 26 rings (SSSR count). The quantitative estimate of drug-likeness (QED) is 0.0874. The maximum atomic E-state index is 5.04. The van der Waals surface area contributed by atoms with Crippen molar-refractivity contribution in [2.24, 2.45) is 0 Å². The van der Waals surface area contributed by atoms with Crippen molar-refractivity contribution in [2.75, 3.05) is 0 Å². The second-order valence-electron chi connectivity index (χ2n) is 35.3. The van der Waals surface area contributed by atoms with Crippen molar-refractivity contribution in [3.8, 4) is 175 Å². The highest BCUT2D eigenvalue weighted by atomic mass is 15.1. The largest absolute Gasteiger partial charge is 0.309 e. The summed E-state index contributed by atoms with van der Waals surface area (Å²) in [5.74, 6) is 5.82. The minimum atomic E-state index is 0.634. The fraction of sp³-hybridized carbons (Fsp3) is 0.00769. The highest BCUT2D eigenvalue weighted by Crippen LogP contribution is 2.42. The van der Waals surface area contributed by atoms with E-state index in [2.05, 4.69) is 433 Å². The Labute approximate surface area is 821 Å². The standard InChI is InChI=1S/2C45H30N4.C40H28N4/c1-4-13-31(14-5-1)35-19-12-20-37(29-35)45-47-43(33-17-8-3-9-18-33)46-44(48-45)34-23-26-38(27-24-34)49-41-22-11-10-21-39(41)40-30-36(25-28-42(40)49)32-15-6-2-7-16-32;1-4-12-31(13-5-1)33-20-22-35(23-21-33)44-46-43(34-16-8-3-9-17-34)47-45(48-44)36-24-27-38(28-25-36)49-41-19-11-10-18-39(41)40-30-37(26-29-42(40)49)32-14-6-2-7-15-32;1-27-16-18-30(19-17-27)39-41-38(29-12-6-3-7-13-29)42-40(43-39)31-20-23-33(24-21-31)44-36-15-9-8-14-34(36)35-26-32(22-25-37(35)44)28-10-4-2-5-11-28/h2*1-30H;2-26H,1H3. The molecule has 0 aliphatic rings. The lowest BCUT2D eigenvalue weighted by Gasteiger charge is -2.11. The van der Waals surface area contributed by atoms with E-state index in [0.29, 0.717) is 52.4 Å². The lowest BCUT2D eigenvalue weighted by Crippen LogP contribution is -2.00. The van der Waals surface area contributed by atoms with Crippen molar-refractivity contribution in [3.05, 3.63) is 521 Å². The third kappa shape index (κ3) is 17.3. The molecule has 12 heteroatoms. The first kappa shape index (κ1) is 85.7. The van der Waals surface area contributed by atoms with Crippen LogP contribution in [0, 0.1) is 6.92 Å². The van der Waals surface area contributed by atoms with Crippen LogP contribution in [0.3, 0.4) is 0 Å². The van der Waals surface area contributed by atoms with Crippen LogP contribution in [0.25, 0.3) is 241 Å². The van der Waals surface area contributed by atoms with Gasteiger partial charge in [0.05, 0.1) is 33.1 Å². The predicted octanol–water partition coefficient (Wildman–Crippen LogP) is 32.6. The number of hydrogen-bond acceptors (Lipinski definition) is 9. The Balaban J connectivity index is 0.000000115. The van der Waals surface area contributed by atoms with Crippen molar-refractivity contribution >= 4 is 65.4 Å². The number of para-hydroxylation sites is 3. The van der Waals surface area contributed by atoms with Crippen LogP contribution in [0.5, 0.6) is 0 Å². The van der Waals surface area contributed by atoms with Crippen LogP contribution in [0.2, 0.25) is 0 Å². The van der Waals surface area contributed by atoms with Gasteiger partial charge in [0.2, 0.25) is 0 Å².